The van der Waals surface area contributed by atoms with Crippen LogP contribution in [0.5, 0.6) is 0 Å². The smallest absolute Gasteiger partial charge is 0.276 e. The van der Waals surface area contributed by atoms with E-state index in [1.807, 2.05) is 84.9 Å². The van der Waals surface area contributed by atoms with Crippen LogP contribution in [-0.4, -0.2) is 9.97 Å². The van der Waals surface area contributed by atoms with E-state index in [-0.39, 0.29) is 5.69 Å². The number of hydrogen-bond donors (Lipinski definition) is 1. The Bertz CT molecular complexity index is 1210. The van der Waals surface area contributed by atoms with Crippen LogP contribution in [0.1, 0.15) is 5.56 Å². The van der Waals surface area contributed by atoms with E-state index in [2.05, 4.69) is 14.8 Å². The minimum atomic E-state index is -0.410. The van der Waals surface area contributed by atoms with Crippen LogP contribution in [0.2, 0.25) is 0 Å². The first kappa shape index (κ1) is 18.7. The summed E-state index contributed by atoms with van der Waals surface area (Å²) in [6.07, 6.45) is 0. The molecule has 4 nitrogen and oxygen atoms in total. The van der Waals surface area contributed by atoms with Crippen molar-refractivity contribution in [2.45, 2.75) is 10.9 Å². The van der Waals surface area contributed by atoms with Crippen molar-refractivity contribution < 1.29 is 0 Å². The number of nitrogens with one attached hydrogen (secondary N) is 1. The molecule has 3 aromatic carbocycles. The number of nitrogens with zero attached hydrogens (tertiary/aromatic N) is 2. The summed E-state index contributed by atoms with van der Waals surface area (Å²) >= 11 is 1.45. The molecular weight excluding hydrogens is 378 g/mol. The molecule has 0 amide bonds. The quantitative estimate of drug-likeness (QED) is 0.258. The fourth-order valence-electron chi connectivity index (χ4n) is 3.00. The van der Waals surface area contributed by atoms with E-state index >= 15 is 0 Å². The Morgan fingerprint density at radius 2 is 1.41 bits per heavy atom. The SMILES string of the molecule is [C-]#[N+]c1c(-c2ccc(-c3ccccc3)cc2)nc(SCc2ccccc2)[nH]c1=O. The summed E-state index contributed by atoms with van der Waals surface area (Å²) in [6, 6.07) is 27.8. The van der Waals surface area contributed by atoms with Crippen LogP contribution in [0.15, 0.2) is 94.9 Å². The molecule has 1 aromatic heterocycles. The van der Waals surface area contributed by atoms with Crippen LogP contribution in [0.25, 0.3) is 27.2 Å². The molecule has 0 saturated carbocycles. The fraction of sp³-hybridized carbons (Fsp3) is 0.0417. The Morgan fingerprint density at radius 1 is 0.828 bits per heavy atom. The van der Waals surface area contributed by atoms with Crippen LogP contribution in [0.4, 0.5) is 5.69 Å². The van der Waals surface area contributed by atoms with Gasteiger partial charge in [-0.25, -0.2) is 9.83 Å². The largest absolute Gasteiger partial charge is 0.311 e. The Morgan fingerprint density at radius 3 is 2.07 bits per heavy atom. The number of aromatic amines is 1. The standard InChI is InChI=1S/C24H17N3OS/c1-25-22-21(20-14-12-19(13-15-20)18-10-6-3-7-11-18)26-24(27-23(22)28)29-16-17-8-4-2-5-9-17/h2-15H,16H2,(H,26,27,28). The van der Waals surface area contributed by atoms with Gasteiger partial charge in [-0.05, 0) is 22.3 Å². The van der Waals surface area contributed by atoms with Gasteiger partial charge in [-0.3, -0.25) is 4.79 Å². The van der Waals surface area contributed by atoms with Crippen molar-refractivity contribution in [3.8, 4) is 22.4 Å². The molecule has 0 aliphatic carbocycles. The molecule has 4 aromatic rings. The zero-order valence-electron chi connectivity index (χ0n) is 15.5. The van der Waals surface area contributed by atoms with Crippen molar-refractivity contribution in [2.75, 3.05) is 0 Å². The summed E-state index contributed by atoms with van der Waals surface area (Å²) in [7, 11) is 0. The normalized spacial score (nSPS) is 10.4. The average Bonchev–Trinajstić information content (AvgIpc) is 2.79. The zero-order chi connectivity index (χ0) is 20.1. The molecule has 0 unspecified atom stereocenters. The topological polar surface area (TPSA) is 50.1 Å². The van der Waals surface area contributed by atoms with E-state index in [1.54, 1.807) is 0 Å². The lowest BCUT2D eigenvalue weighted by molar-refractivity contribution is 0.949. The van der Waals surface area contributed by atoms with Gasteiger partial charge in [-0.1, -0.05) is 96.7 Å². The van der Waals surface area contributed by atoms with Gasteiger partial charge in [0.25, 0.3) is 11.2 Å². The van der Waals surface area contributed by atoms with Crippen molar-refractivity contribution >= 4 is 17.4 Å². The Balaban J connectivity index is 1.66. The molecule has 5 heteroatoms. The molecule has 0 bridgehead atoms. The third-order valence-electron chi connectivity index (χ3n) is 4.47. The second-order valence-corrected chi connectivity index (χ2v) is 7.36. The van der Waals surface area contributed by atoms with Crippen molar-refractivity contribution in [1.82, 2.24) is 9.97 Å². The highest BCUT2D eigenvalue weighted by atomic mass is 32.2. The van der Waals surface area contributed by atoms with Gasteiger partial charge in [0.15, 0.2) is 5.16 Å². The molecule has 140 valence electrons. The lowest BCUT2D eigenvalue weighted by atomic mass is 10.0. The molecule has 1 heterocycles. The molecule has 0 fully saturated rings. The van der Waals surface area contributed by atoms with E-state index in [4.69, 9.17) is 6.57 Å². The van der Waals surface area contributed by atoms with E-state index in [9.17, 15) is 4.79 Å². The highest BCUT2D eigenvalue weighted by Gasteiger charge is 2.14. The molecule has 29 heavy (non-hydrogen) atoms. The van der Waals surface area contributed by atoms with Gasteiger partial charge < -0.3 is 4.98 Å². The Labute approximate surface area is 173 Å². The maximum absolute atomic E-state index is 12.4. The number of aromatic nitrogens is 2. The van der Waals surface area contributed by atoms with E-state index in [1.165, 1.54) is 11.8 Å². The van der Waals surface area contributed by atoms with Gasteiger partial charge in [0, 0.05) is 5.75 Å². The second kappa shape index (κ2) is 8.59. The summed E-state index contributed by atoms with van der Waals surface area (Å²) in [6.45, 7) is 7.42. The Kier molecular flexibility index (Phi) is 5.55. The first-order valence-corrected chi connectivity index (χ1v) is 10.1. The molecule has 0 radical (unpaired) electrons. The van der Waals surface area contributed by atoms with Gasteiger partial charge in [0.1, 0.15) is 0 Å². The van der Waals surface area contributed by atoms with Crippen LogP contribution >= 0.6 is 11.8 Å². The maximum Gasteiger partial charge on any atom is 0.276 e. The predicted octanol–water partition coefficient (Wildman–Crippen LogP) is 5.95. The summed E-state index contributed by atoms with van der Waals surface area (Å²) in [5.41, 5.74) is 4.10. The molecule has 0 atom stereocenters. The lowest BCUT2D eigenvalue weighted by Gasteiger charge is -2.08. The maximum atomic E-state index is 12.4. The predicted molar refractivity (Wildman–Crippen MR) is 118 cm³/mol. The fourth-order valence-corrected chi connectivity index (χ4v) is 3.81. The van der Waals surface area contributed by atoms with Gasteiger partial charge in [0.2, 0.25) is 0 Å². The Hall–Kier alpha value is -3.62. The molecule has 4 rings (SSSR count). The zero-order valence-corrected chi connectivity index (χ0v) is 16.3. The number of thioether (sulfide) groups is 1. The highest BCUT2D eigenvalue weighted by molar-refractivity contribution is 7.98. The molecular formula is C24H17N3OS. The van der Waals surface area contributed by atoms with E-state index in [0.717, 1.165) is 22.3 Å². The summed E-state index contributed by atoms with van der Waals surface area (Å²) < 4.78 is 0. The number of benzene rings is 3. The number of rotatable bonds is 5. The third-order valence-corrected chi connectivity index (χ3v) is 5.41. The lowest BCUT2D eigenvalue weighted by Crippen LogP contribution is -2.09. The highest BCUT2D eigenvalue weighted by Crippen LogP contribution is 2.30. The number of hydrogen-bond acceptors (Lipinski definition) is 3. The van der Waals surface area contributed by atoms with Crippen LogP contribution in [-0.2, 0) is 5.75 Å². The van der Waals surface area contributed by atoms with Crippen molar-refractivity contribution in [3.63, 3.8) is 0 Å². The first-order chi connectivity index (χ1) is 14.2. The first-order valence-electron chi connectivity index (χ1n) is 9.09. The van der Waals surface area contributed by atoms with Crippen LogP contribution in [0, 0.1) is 6.57 Å². The van der Waals surface area contributed by atoms with Crippen molar-refractivity contribution in [3.05, 3.63) is 112 Å². The van der Waals surface area contributed by atoms with Gasteiger partial charge in [-0.2, -0.15) is 0 Å². The van der Waals surface area contributed by atoms with E-state index in [0.29, 0.717) is 16.6 Å². The van der Waals surface area contributed by atoms with Crippen LogP contribution < -0.4 is 5.56 Å². The van der Waals surface area contributed by atoms with Crippen molar-refractivity contribution in [1.29, 1.82) is 0 Å². The molecule has 0 aliphatic rings. The molecule has 0 spiro atoms. The average molecular weight is 395 g/mol. The monoisotopic (exact) mass is 395 g/mol. The summed E-state index contributed by atoms with van der Waals surface area (Å²) in [5, 5.41) is 0.508. The number of H-pyrrole nitrogens is 1. The minimum Gasteiger partial charge on any atom is -0.311 e. The van der Waals surface area contributed by atoms with Gasteiger partial charge in [-0.15, -0.1) is 0 Å². The minimum absolute atomic E-state index is 0.0153. The van der Waals surface area contributed by atoms with Crippen LogP contribution in [0.3, 0.4) is 0 Å². The molecule has 0 aliphatic heterocycles. The third kappa shape index (κ3) is 4.29. The summed E-state index contributed by atoms with van der Waals surface area (Å²) in [5.74, 6) is 0.688. The molecule has 1 N–H and O–H groups in total. The van der Waals surface area contributed by atoms with Gasteiger partial charge >= 0.3 is 0 Å². The van der Waals surface area contributed by atoms with E-state index < -0.39 is 5.56 Å². The second-order valence-electron chi connectivity index (χ2n) is 6.40. The summed E-state index contributed by atoms with van der Waals surface area (Å²) in [4.78, 5) is 23.2. The molecule has 0 saturated heterocycles. The van der Waals surface area contributed by atoms with Gasteiger partial charge in [0.05, 0.1) is 12.3 Å². The van der Waals surface area contributed by atoms with Crippen molar-refractivity contribution in [2.24, 2.45) is 0 Å².